The molecule has 3 rings (SSSR count). The van der Waals surface area contributed by atoms with Crippen LogP contribution in [0.4, 0.5) is 0 Å². The molecule has 0 spiro atoms. The van der Waals surface area contributed by atoms with E-state index in [-0.39, 0.29) is 11.3 Å². The van der Waals surface area contributed by atoms with Crippen LogP contribution in [0.15, 0.2) is 71.0 Å². The van der Waals surface area contributed by atoms with E-state index in [0.717, 1.165) is 16.3 Å². The summed E-state index contributed by atoms with van der Waals surface area (Å²) >= 11 is 1.47. The van der Waals surface area contributed by atoms with Crippen molar-refractivity contribution < 1.29 is 28.2 Å². The van der Waals surface area contributed by atoms with Crippen molar-refractivity contribution in [2.75, 3.05) is 12.9 Å². The van der Waals surface area contributed by atoms with E-state index in [2.05, 4.69) is 9.71 Å². The van der Waals surface area contributed by atoms with E-state index >= 15 is 0 Å². The molecule has 0 aliphatic heterocycles. The number of carboxylic acid groups (broad SMARTS) is 1. The fourth-order valence-corrected chi connectivity index (χ4v) is 5.37. The van der Waals surface area contributed by atoms with Gasteiger partial charge < -0.3 is 19.5 Å². The van der Waals surface area contributed by atoms with Gasteiger partial charge in [0.05, 0.1) is 18.1 Å². The molecular formula is C23H27N3O6S2. The zero-order valence-electron chi connectivity index (χ0n) is 18.8. The summed E-state index contributed by atoms with van der Waals surface area (Å²) in [7, 11) is -0.723. The number of nitrogens with one attached hydrogen (secondary N) is 1. The van der Waals surface area contributed by atoms with Gasteiger partial charge in [-0.15, -0.1) is 0 Å². The molecule has 1 aromatic heterocycles. The number of aromatic nitrogens is 2. The first-order chi connectivity index (χ1) is 16.2. The molecule has 2 aromatic carbocycles. The smallest absolute Gasteiger partial charge is 0.324 e. The van der Waals surface area contributed by atoms with E-state index in [9.17, 15) is 23.4 Å². The van der Waals surface area contributed by atoms with Crippen LogP contribution in [0, 0.1) is 0 Å². The molecule has 11 heteroatoms. The number of nitrogens with zero attached hydrogens (tertiary/aromatic N) is 2. The Kier molecular flexibility index (Phi) is 8.72. The number of methoxy groups -OCH3 is 1. The molecule has 0 amide bonds. The Hall–Kier alpha value is -2.86. The summed E-state index contributed by atoms with van der Waals surface area (Å²) in [4.78, 5) is 15.8. The molecular weight excluding hydrogens is 478 g/mol. The Bertz CT molecular complexity index is 1190. The van der Waals surface area contributed by atoms with E-state index in [1.807, 2.05) is 29.9 Å². The predicted molar refractivity (Wildman–Crippen MR) is 129 cm³/mol. The third-order valence-electron chi connectivity index (χ3n) is 5.17. The minimum absolute atomic E-state index is 0.0893. The van der Waals surface area contributed by atoms with Gasteiger partial charge in [0.1, 0.15) is 11.8 Å². The number of hydrogen-bond donors (Lipinski definition) is 3. The SMILES string of the molecule is COc1ccc(-c2ccc(S(=O)(=O)N[C@@H](C(=O)O)[C@H](O)CCCSc3nccn3C)cc2)cc1. The van der Waals surface area contributed by atoms with Crippen molar-refractivity contribution in [3.8, 4) is 16.9 Å². The Morgan fingerprint density at radius 1 is 1.15 bits per heavy atom. The molecule has 9 nitrogen and oxygen atoms in total. The average molecular weight is 506 g/mol. The van der Waals surface area contributed by atoms with Crippen LogP contribution in [0.1, 0.15) is 12.8 Å². The molecule has 0 unspecified atom stereocenters. The number of ether oxygens (including phenoxy) is 1. The molecule has 0 radical (unpaired) electrons. The van der Waals surface area contributed by atoms with Gasteiger partial charge in [-0.25, -0.2) is 13.4 Å². The summed E-state index contributed by atoms with van der Waals surface area (Å²) < 4.78 is 34.7. The van der Waals surface area contributed by atoms with Gasteiger partial charge in [-0.05, 0) is 48.2 Å². The number of hydrogen-bond acceptors (Lipinski definition) is 7. The van der Waals surface area contributed by atoms with Gasteiger partial charge in [-0.1, -0.05) is 36.0 Å². The summed E-state index contributed by atoms with van der Waals surface area (Å²) in [5.41, 5.74) is 1.67. The van der Waals surface area contributed by atoms with Crippen LogP contribution in [-0.4, -0.2) is 59.2 Å². The quantitative estimate of drug-likeness (QED) is 0.253. The molecule has 0 saturated carbocycles. The lowest BCUT2D eigenvalue weighted by Crippen LogP contribution is -2.48. The third-order valence-corrected chi connectivity index (χ3v) is 7.77. The third kappa shape index (κ3) is 6.60. The summed E-state index contributed by atoms with van der Waals surface area (Å²) in [6, 6.07) is 11.7. The average Bonchev–Trinajstić information content (AvgIpc) is 3.24. The van der Waals surface area contributed by atoms with Crippen LogP contribution in [-0.2, 0) is 21.9 Å². The van der Waals surface area contributed by atoms with Crippen LogP contribution < -0.4 is 9.46 Å². The highest BCUT2D eigenvalue weighted by Crippen LogP contribution is 2.24. The van der Waals surface area contributed by atoms with Crippen molar-refractivity contribution in [2.24, 2.45) is 7.05 Å². The van der Waals surface area contributed by atoms with Crippen LogP contribution in [0.25, 0.3) is 11.1 Å². The molecule has 3 N–H and O–H groups in total. The number of aliphatic carboxylic acids is 1. The largest absolute Gasteiger partial charge is 0.497 e. The summed E-state index contributed by atoms with van der Waals surface area (Å²) in [6.07, 6.45) is 2.72. The standard InChI is InChI=1S/C23H27N3O6S2/c1-26-14-13-24-23(26)33-15-3-4-20(27)21(22(28)29)25-34(30,31)19-11-7-17(8-12-19)16-5-9-18(32-2)10-6-16/h5-14,20-21,25,27H,3-4,15H2,1-2H3,(H,28,29)/t20-,21-/m1/s1. The fraction of sp³-hybridized carbons (Fsp3) is 0.304. The number of benzene rings is 2. The number of carboxylic acids is 1. The van der Waals surface area contributed by atoms with Crippen molar-refractivity contribution >= 4 is 27.8 Å². The second kappa shape index (κ2) is 11.5. The van der Waals surface area contributed by atoms with E-state index in [1.54, 1.807) is 37.6 Å². The molecule has 0 saturated heterocycles. The van der Waals surface area contributed by atoms with Gasteiger partial charge in [0.15, 0.2) is 5.16 Å². The van der Waals surface area contributed by atoms with Crippen molar-refractivity contribution in [3.63, 3.8) is 0 Å². The number of aliphatic hydroxyl groups excluding tert-OH is 1. The first-order valence-corrected chi connectivity index (χ1v) is 13.0. The number of aryl methyl sites for hydroxylation is 1. The van der Waals surface area contributed by atoms with E-state index in [0.29, 0.717) is 17.9 Å². The van der Waals surface area contributed by atoms with Crippen LogP contribution in [0.2, 0.25) is 0 Å². The summed E-state index contributed by atoms with van der Waals surface area (Å²) in [6.45, 7) is 0. The van der Waals surface area contributed by atoms with E-state index in [4.69, 9.17) is 4.74 Å². The number of sulfonamides is 1. The fourth-order valence-electron chi connectivity index (χ4n) is 3.25. The molecule has 2 atom stereocenters. The second-order valence-electron chi connectivity index (χ2n) is 7.57. The Balaban J connectivity index is 1.61. The van der Waals surface area contributed by atoms with Gasteiger partial charge in [-0.2, -0.15) is 4.72 Å². The second-order valence-corrected chi connectivity index (χ2v) is 10.3. The molecule has 3 aromatic rings. The van der Waals surface area contributed by atoms with Crippen molar-refractivity contribution in [1.82, 2.24) is 14.3 Å². The minimum Gasteiger partial charge on any atom is -0.497 e. The lowest BCUT2D eigenvalue weighted by Gasteiger charge is -2.20. The lowest BCUT2D eigenvalue weighted by atomic mass is 10.1. The maximum absolute atomic E-state index is 12.8. The van der Waals surface area contributed by atoms with Gasteiger partial charge in [-0.3, -0.25) is 4.79 Å². The van der Waals surface area contributed by atoms with Crippen molar-refractivity contribution in [1.29, 1.82) is 0 Å². The topological polar surface area (TPSA) is 131 Å². The number of rotatable bonds is 12. The number of aliphatic hydroxyl groups is 1. The van der Waals surface area contributed by atoms with Crippen LogP contribution in [0.5, 0.6) is 5.75 Å². The Morgan fingerprint density at radius 3 is 2.29 bits per heavy atom. The van der Waals surface area contributed by atoms with Crippen molar-refractivity contribution in [2.45, 2.75) is 35.0 Å². The minimum atomic E-state index is -4.16. The molecule has 0 bridgehead atoms. The van der Waals surface area contributed by atoms with E-state index in [1.165, 1.54) is 23.9 Å². The molecule has 182 valence electrons. The Labute approximate surface area is 202 Å². The van der Waals surface area contributed by atoms with Crippen molar-refractivity contribution in [3.05, 3.63) is 60.9 Å². The molecule has 34 heavy (non-hydrogen) atoms. The first-order valence-electron chi connectivity index (χ1n) is 10.5. The van der Waals surface area contributed by atoms with Gasteiger partial charge >= 0.3 is 5.97 Å². The number of imidazole rings is 1. The lowest BCUT2D eigenvalue weighted by molar-refractivity contribution is -0.141. The van der Waals surface area contributed by atoms with Crippen LogP contribution in [0.3, 0.4) is 0 Å². The Morgan fingerprint density at radius 2 is 1.76 bits per heavy atom. The predicted octanol–water partition coefficient (Wildman–Crippen LogP) is 2.76. The van der Waals surface area contributed by atoms with Gasteiger partial charge in [0.2, 0.25) is 10.0 Å². The number of thioether (sulfide) groups is 1. The molecule has 0 aliphatic rings. The maximum Gasteiger partial charge on any atom is 0.324 e. The first kappa shape index (κ1) is 25.8. The van der Waals surface area contributed by atoms with Gasteiger partial charge in [0.25, 0.3) is 0 Å². The highest BCUT2D eigenvalue weighted by molar-refractivity contribution is 7.99. The summed E-state index contributed by atoms with van der Waals surface area (Å²) in [5.74, 6) is -0.128. The molecule has 1 heterocycles. The highest BCUT2D eigenvalue weighted by atomic mass is 32.2. The number of carbonyl (C=O) groups is 1. The maximum atomic E-state index is 12.8. The van der Waals surface area contributed by atoms with Crippen LogP contribution >= 0.6 is 11.8 Å². The molecule has 0 aliphatic carbocycles. The van der Waals surface area contributed by atoms with E-state index < -0.39 is 28.1 Å². The zero-order chi connectivity index (χ0) is 24.7. The highest BCUT2D eigenvalue weighted by Gasteiger charge is 2.31. The van der Waals surface area contributed by atoms with Gasteiger partial charge in [0, 0.05) is 25.2 Å². The zero-order valence-corrected chi connectivity index (χ0v) is 20.4. The molecule has 0 fully saturated rings. The summed E-state index contributed by atoms with van der Waals surface area (Å²) in [5, 5.41) is 20.7. The monoisotopic (exact) mass is 505 g/mol. The normalized spacial score (nSPS) is 13.4.